The minimum Gasteiger partial charge on any atom is -0.454 e. The van der Waals surface area contributed by atoms with Crippen molar-refractivity contribution in [2.75, 3.05) is 33.0 Å². The standard InChI is InChI=1S/C31H40N4O6/c1-2-17-35-28(36)25(12-6-7-16-32-30(38)39-21-23-9-4-3-5-10-23)33-29(37)31(35)14-18-34(19-15-31)20-24-11-8-13-26-27(24)41-22-40-26/h3-5,8-11,13,25H,2,6-7,12,14-22H2,1H3,(H,32,38)(H,33,37)/t25-/m0/s1. The van der Waals surface area contributed by atoms with Crippen LogP contribution in [0.4, 0.5) is 4.79 Å². The van der Waals surface area contributed by atoms with Crippen LogP contribution in [-0.4, -0.2) is 72.3 Å². The first-order valence-corrected chi connectivity index (χ1v) is 14.7. The van der Waals surface area contributed by atoms with Gasteiger partial charge in [0.15, 0.2) is 11.5 Å². The molecular formula is C31H40N4O6. The molecule has 41 heavy (non-hydrogen) atoms. The van der Waals surface area contributed by atoms with Gasteiger partial charge in [-0.3, -0.25) is 14.5 Å². The second-order valence-electron chi connectivity index (χ2n) is 11.0. The number of hydrogen-bond acceptors (Lipinski definition) is 7. The third-order valence-electron chi connectivity index (χ3n) is 8.21. The van der Waals surface area contributed by atoms with E-state index in [0.29, 0.717) is 64.8 Å². The Morgan fingerprint density at radius 2 is 1.88 bits per heavy atom. The molecular weight excluding hydrogens is 524 g/mol. The zero-order chi connectivity index (χ0) is 28.7. The van der Waals surface area contributed by atoms with Crippen LogP contribution in [0.1, 0.15) is 56.6 Å². The quantitative estimate of drug-likeness (QED) is 0.402. The van der Waals surface area contributed by atoms with Gasteiger partial charge in [-0.05, 0) is 50.2 Å². The van der Waals surface area contributed by atoms with E-state index in [2.05, 4.69) is 15.5 Å². The van der Waals surface area contributed by atoms with Crippen molar-refractivity contribution in [3.8, 4) is 11.5 Å². The van der Waals surface area contributed by atoms with Crippen LogP contribution < -0.4 is 20.1 Å². The number of carbonyl (C=O) groups is 3. The van der Waals surface area contributed by atoms with E-state index in [1.165, 1.54) is 0 Å². The van der Waals surface area contributed by atoms with E-state index in [-0.39, 0.29) is 25.2 Å². The molecule has 10 nitrogen and oxygen atoms in total. The maximum absolute atomic E-state index is 13.6. The van der Waals surface area contributed by atoms with E-state index in [0.717, 1.165) is 29.0 Å². The van der Waals surface area contributed by atoms with Crippen LogP contribution in [0.2, 0.25) is 0 Å². The van der Waals surface area contributed by atoms with Crippen molar-refractivity contribution < 1.29 is 28.6 Å². The number of unbranched alkanes of at least 4 members (excludes halogenated alkanes) is 1. The minimum absolute atomic E-state index is 0.00144. The largest absolute Gasteiger partial charge is 0.454 e. The van der Waals surface area contributed by atoms with Gasteiger partial charge in [-0.15, -0.1) is 0 Å². The molecule has 0 saturated carbocycles. The van der Waals surface area contributed by atoms with Crippen LogP contribution in [0.3, 0.4) is 0 Å². The number of alkyl carbamates (subject to hydrolysis) is 1. The smallest absolute Gasteiger partial charge is 0.407 e. The summed E-state index contributed by atoms with van der Waals surface area (Å²) in [5.74, 6) is 1.52. The van der Waals surface area contributed by atoms with Gasteiger partial charge in [0.05, 0.1) is 0 Å². The van der Waals surface area contributed by atoms with Crippen molar-refractivity contribution in [1.29, 1.82) is 0 Å². The zero-order valence-corrected chi connectivity index (χ0v) is 23.7. The van der Waals surface area contributed by atoms with Gasteiger partial charge in [-0.1, -0.05) is 49.4 Å². The molecule has 2 aromatic carbocycles. The van der Waals surface area contributed by atoms with Crippen LogP contribution >= 0.6 is 0 Å². The van der Waals surface area contributed by atoms with Gasteiger partial charge in [-0.25, -0.2) is 4.79 Å². The summed E-state index contributed by atoms with van der Waals surface area (Å²) in [6.07, 6.45) is 3.44. The van der Waals surface area contributed by atoms with E-state index >= 15 is 0 Å². The predicted molar refractivity (Wildman–Crippen MR) is 152 cm³/mol. The van der Waals surface area contributed by atoms with Gasteiger partial charge in [0.1, 0.15) is 18.2 Å². The first-order valence-electron chi connectivity index (χ1n) is 14.7. The minimum atomic E-state index is -0.803. The van der Waals surface area contributed by atoms with Gasteiger partial charge in [0, 0.05) is 38.3 Å². The Hall–Kier alpha value is -3.79. The Bertz CT molecular complexity index is 1210. The number of nitrogens with zero attached hydrogens (tertiary/aromatic N) is 2. The number of amides is 3. The highest BCUT2D eigenvalue weighted by atomic mass is 16.7. The molecule has 3 amide bonds. The third kappa shape index (κ3) is 6.59. The van der Waals surface area contributed by atoms with Crippen molar-refractivity contribution in [2.24, 2.45) is 0 Å². The average molecular weight is 565 g/mol. The first-order chi connectivity index (χ1) is 20.0. The molecule has 2 saturated heterocycles. The van der Waals surface area contributed by atoms with Crippen molar-refractivity contribution in [3.63, 3.8) is 0 Å². The van der Waals surface area contributed by atoms with E-state index in [1.807, 2.05) is 60.4 Å². The highest BCUT2D eigenvalue weighted by Gasteiger charge is 2.53. The van der Waals surface area contributed by atoms with Gasteiger partial charge in [0.25, 0.3) is 0 Å². The van der Waals surface area contributed by atoms with E-state index in [4.69, 9.17) is 14.2 Å². The molecule has 2 aromatic rings. The average Bonchev–Trinajstić information content (AvgIpc) is 3.48. The van der Waals surface area contributed by atoms with Crippen molar-refractivity contribution in [1.82, 2.24) is 20.4 Å². The number of fused-ring (bicyclic) bond motifs is 1. The van der Waals surface area contributed by atoms with Crippen molar-refractivity contribution in [2.45, 2.75) is 70.2 Å². The Morgan fingerprint density at radius 1 is 1.07 bits per heavy atom. The number of ether oxygens (including phenoxy) is 3. The van der Waals surface area contributed by atoms with E-state index in [9.17, 15) is 14.4 Å². The lowest BCUT2D eigenvalue weighted by Crippen LogP contribution is -2.72. The molecule has 3 aliphatic rings. The second-order valence-corrected chi connectivity index (χ2v) is 11.0. The number of para-hydroxylation sites is 1. The Morgan fingerprint density at radius 3 is 2.66 bits per heavy atom. The first kappa shape index (κ1) is 28.7. The number of carbonyl (C=O) groups excluding carboxylic acids is 3. The number of benzene rings is 2. The summed E-state index contributed by atoms with van der Waals surface area (Å²) >= 11 is 0. The summed E-state index contributed by atoms with van der Waals surface area (Å²) in [7, 11) is 0. The van der Waals surface area contributed by atoms with Gasteiger partial charge in [-0.2, -0.15) is 0 Å². The molecule has 0 aliphatic carbocycles. The molecule has 10 heteroatoms. The second kappa shape index (κ2) is 13.2. The number of piperazine rings is 1. The van der Waals surface area contributed by atoms with Gasteiger partial charge < -0.3 is 29.7 Å². The molecule has 3 aliphatic heterocycles. The molecule has 220 valence electrons. The molecule has 1 atom stereocenters. The molecule has 0 bridgehead atoms. The Kier molecular flexibility index (Phi) is 9.28. The van der Waals surface area contributed by atoms with Crippen LogP contribution in [-0.2, 0) is 27.5 Å². The normalized spacial score (nSPS) is 19.7. The number of rotatable bonds is 11. The zero-order valence-electron chi connectivity index (χ0n) is 23.7. The number of nitrogens with one attached hydrogen (secondary N) is 2. The van der Waals surface area contributed by atoms with E-state index in [1.54, 1.807) is 0 Å². The number of hydrogen-bond donors (Lipinski definition) is 2. The molecule has 2 N–H and O–H groups in total. The molecule has 0 unspecified atom stereocenters. The summed E-state index contributed by atoms with van der Waals surface area (Å²) in [5.41, 5.74) is 1.20. The van der Waals surface area contributed by atoms with Crippen molar-refractivity contribution in [3.05, 3.63) is 59.7 Å². The summed E-state index contributed by atoms with van der Waals surface area (Å²) in [6.45, 7) is 5.64. The highest BCUT2D eigenvalue weighted by Crippen LogP contribution is 2.38. The summed E-state index contributed by atoms with van der Waals surface area (Å²) in [4.78, 5) is 43.3. The molecule has 0 radical (unpaired) electrons. The third-order valence-corrected chi connectivity index (χ3v) is 8.21. The monoisotopic (exact) mass is 564 g/mol. The lowest BCUT2D eigenvalue weighted by molar-refractivity contribution is -0.161. The van der Waals surface area contributed by atoms with Crippen LogP contribution in [0.25, 0.3) is 0 Å². The Balaban J connectivity index is 1.09. The molecule has 0 aromatic heterocycles. The number of piperidine rings is 1. The summed E-state index contributed by atoms with van der Waals surface area (Å²) in [6, 6.07) is 14.9. The van der Waals surface area contributed by atoms with Gasteiger partial charge >= 0.3 is 6.09 Å². The fourth-order valence-electron chi connectivity index (χ4n) is 5.99. The Labute approximate surface area is 241 Å². The van der Waals surface area contributed by atoms with E-state index < -0.39 is 17.7 Å². The number of likely N-dealkylation sites (tertiary alicyclic amines) is 1. The van der Waals surface area contributed by atoms with Crippen molar-refractivity contribution >= 4 is 17.9 Å². The lowest BCUT2D eigenvalue weighted by Gasteiger charge is -2.51. The highest BCUT2D eigenvalue weighted by molar-refractivity contribution is 6.00. The van der Waals surface area contributed by atoms with Gasteiger partial charge in [0.2, 0.25) is 18.6 Å². The molecule has 5 rings (SSSR count). The molecule has 1 spiro atoms. The summed E-state index contributed by atoms with van der Waals surface area (Å²) < 4.78 is 16.4. The SMILES string of the molecule is CCCN1C(=O)[C@H](CCCCNC(=O)OCc2ccccc2)NC(=O)C12CCN(Cc1cccc3c1OCO3)CC2. The molecule has 2 fully saturated rings. The maximum Gasteiger partial charge on any atom is 0.407 e. The fourth-order valence-corrected chi connectivity index (χ4v) is 5.99. The lowest BCUT2D eigenvalue weighted by atomic mass is 9.81. The van der Waals surface area contributed by atoms with Crippen LogP contribution in [0, 0.1) is 0 Å². The molecule has 3 heterocycles. The van der Waals surface area contributed by atoms with Crippen LogP contribution in [0.5, 0.6) is 11.5 Å². The predicted octanol–water partition coefficient (Wildman–Crippen LogP) is 3.58. The fraction of sp³-hybridized carbons (Fsp3) is 0.516. The summed E-state index contributed by atoms with van der Waals surface area (Å²) in [5, 5.41) is 5.81. The van der Waals surface area contributed by atoms with Crippen LogP contribution in [0.15, 0.2) is 48.5 Å². The topological polar surface area (TPSA) is 109 Å². The maximum atomic E-state index is 13.6.